The fraction of sp³-hybridized carbons (Fsp3) is 0.207. The average Bonchev–Trinajstić information content (AvgIpc) is 2.89. The molecular weight excluding hydrogens is 530 g/mol. The number of nitriles is 1. The first-order valence-electron chi connectivity index (χ1n) is 12.2. The first-order chi connectivity index (χ1) is 18.9. The molecule has 0 aliphatic rings. The molecule has 2 heterocycles. The maximum Gasteiger partial charge on any atom is 0.413 e. The fourth-order valence-corrected chi connectivity index (χ4v) is 4.91. The number of amides is 2. The lowest BCUT2D eigenvalue weighted by Crippen LogP contribution is -2.31. The number of rotatable bonds is 6. The minimum Gasteiger partial charge on any atom is -0.444 e. The van der Waals surface area contributed by atoms with E-state index in [2.05, 4.69) is 21.4 Å². The maximum atomic E-state index is 13.7. The summed E-state index contributed by atoms with van der Waals surface area (Å²) in [6.07, 6.45) is 3.32. The summed E-state index contributed by atoms with van der Waals surface area (Å²) in [6.45, 7) is 5.18. The lowest BCUT2D eigenvalue weighted by atomic mass is 10.1. The Morgan fingerprint density at radius 3 is 2.48 bits per heavy atom. The normalized spacial score (nSPS) is 11.5. The quantitative estimate of drug-likeness (QED) is 0.345. The first kappa shape index (κ1) is 28.2. The van der Waals surface area contributed by atoms with Crippen LogP contribution in [0.1, 0.15) is 42.3 Å². The number of hydrogen-bond donors (Lipinski definition) is 1. The van der Waals surface area contributed by atoms with Gasteiger partial charge < -0.3 is 9.64 Å². The molecule has 0 saturated heterocycles. The Labute approximate surface area is 232 Å². The summed E-state index contributed by atoms with van der Waals surface area (Å²) >= 11 is 0. The Balaban J connectivity index is 1.78. The molecule has 0 saturated carbocycles. The van der Waals surface area contributed by atoms with Gasteiger partial charge in [0.1, 0.15) is 11.4 Å². The third-order valence-electron chi connectivity index (χ3n) is 5.67. The lowest BCUT2D eigenvalue weighted by molar-refractivity contribution is 0.0635. The molecule has 0 spiro atoms. The molecule has 2 aromatic carbocycles. The highest BCUT2D eigenvalue weighted by atomic mass is 32.2. The zero-order chi connectivity index (χ0) is 29.1. The summed E-state index contributed by atoms with van der Waals surface area (Å²) < 4.78 is 30.5. The van der Waals surface area contributed by atoms with Crippen LogP contribution >= 0.6 is 0 Å². The molecule has 2 amide bonds. The fourth-order valence-electron chi connectivity index (χ4n) is 4.02. The third-order valence-corrected chi connectivity index (χ3v) is 6.82. The number of carbonyl (C=O) groups excluding carboxylic acids is 2. The van der Waals surface area contributed by atoms with Crippen molar-refractivity contribution in [2.45, 2.75) is 37.8 Å². The van der Waals surface area contributed by atoms with E-state index < -0.39 is 27.4 Å². The number of benzene rings is 2. The van der Waals surface area contributed by atoms with E-state index in [-0.39, 0.29) is 34.1 Å². The van der Waals surface area contributed by atoms with Crippen molar-refractivity contribution in [3.63, 3.8) is 0 Å². The number of carbonyl (C=O) groups is 2. The van der Waals surface area contributed by atoms with Crippen LogP contribution < -0.4 is 10.2 Å². The number of para-hydroxylation sites is 1. The summed E-state index contributed by atoms with van der Waals surface area (Å²) in [4.78, 5) is 35.8. The smallest absolute Gasteiger partial charge is 0.413 e. The van der Waals surface area contributed by atoms with E-state index in [0.29, 0.717) is 16.5 Å². The highest BCUT2D eigenvalue weighted by Gasteiger charge is 2.25. The molecule has 40 heavy (non-hydrogen) atoms. The minimum absolute atomic E-state index is 0.00164. The van der Waals surface area contributed by atoms with Gasteiger partial charge in [-0.15, -0.1) is 0 Å². The van der Waals surface area contributed by atoms with Crippen molar-refractivity contribution >= 4 is 44.2 Å². The number of sulfone groups is 1. The van der Waals surface area contributed by atoms with Crippen molar-refractivity contribution < 1.29 is 22.7 Å². The molecule has 4 rings (SSSR count). The molecule has 0 radical (unpaired) electrons. The Morgan fingerprint density at radius 2 is 1.82 bits per heavy atom. The number of ether oxygens (including phenoxy) is 1. The van der Waals surface area contributed by atoms with Gasteiger partial charge in [-0.2, -0.15) is 5.26 Å². The standard InChI is InChI=1S/C29H27N5O5S/c1-29(2,3)39-28(36)33-26-15-21(16-30)22-12-11-19(14-23(22)32-26)18-34(27(35)20-8-7-13-31-17-20)24-9-5-6-10-25(24)40(4,37)38/h5-15,17H,18H2,1-4H3,(H,32,33,36). The zero-order valence-corrected chi connectivity index (χ0v) is 23.2. The molecular formula is C29H27N5O5S. The molecule has 2 aromatic heterocycles. The Morgan fingerprint density at radius 1 is 1.07 bits per heavy atom. The van der Waals surface area contributed by atoms with Gasteiger partial charge in [0.05, 0.1) is 39.8 Å². The second-order valence-electron chi connectivity index (χ2n) is 10.0. The number of nitrogens with zero attached hydrogens (tertiary/aromatic N) is 4. The molecule has 1 N–H and O–H groups in total. The van der Waals surface area contributed by atoms with E-state index in [1.165, 1.54) is 29.4 Å². The van der Waals surface area contributed by atoms with E-state index in [4.69, 9.17) is 4.74 Å². The summed E-state index contributed by atoms with van der Waals surface area (Å²) in [5.74, 6) is -0.323. The van der Waals surface area contributed by atoms with Crippen LogP contribution in [0.2, 0.25) is 0 Å². The van der Waals surface area contributed by atoms with Crippen molar-refractivity contribution in [3.05, 3.63) is 89.7 Å². The van der Waals surface area contributed by atoms with Crippen LogP contribution in [0.25, 0.3) is 10.9 Å². The molecule has 0 unspecified atom stereocenters. The van der Waals surface area contributed by atoms with E-state index in [0.717, 1.165) is 6.26 Å². The van der Waals surface area contributed by atoms with E-state index in [1.807, 2.05) is 0 Å². The van der Waals surface area contributed by atoms with Crippen LogP contribution in [0.15, 0.2) is 78.0 Å². The Kier molecular flexibility index (Phi) is 7.84. The highest BCUT2D eigenvalue weighted by Crippen LogP contribution is 2.29. The minimum atomic E-state index is -3.67. The van der Waals surface area contributed by atoms with Crippen LogP contribution in [0.3, 0.4) is 0 Å². The average molecular weight is 558 g/mol. The largest absolute Gasteiger partial charge is 0.444 e. The summed E-state index contributed by atoms with van der Waals surface area (Å²) in [5.41, 5.74) is 1.06. The van der Waals surface area contributed by atoms with Gasteiger partial charge in [-0.3, -0.25) is 15.1 Å². The third kappa shape index (κ3) is 6.59. The summed E-state index contributed by atoms with van der Waals surface area (Å²) in [6, 6.07) is 18.2. The van der Waals surface area contributed by atoms with Crippen LogP contribution in [0, 0.1) is 11.3 Å². The molecule has 4 aromatic rings. The topological polar surface area (TPSA) is 142 Å². The number of pyridine rings is 2. The van der Waals surface area contributed by atoms with Gasteiger partial charge in [-0.25, -0.2) is 18.2 Å². The van der Waals surface area contributed by atoms with Crippen molar-refractivity contribution in [3.8, 4) is 6.07 Å². The monoisotopic (exact) mass is 557 g/mol. The van der Waals surface area contributed by atoms with Crippen LogP contribution in [0.5, 0.6) is 0 Å². The second-order valence-corrected chi connectivity index (χ2v) is 12.0. The predicted octanol–water partition coefficient (Wildman–Crippen LogP) is 5.10. The van der Waals surface area contributed by atoms with Crippen molar-refractivity contribution in [2.24, 2.45) is 0 Å². The highest BCUT2D eigenvalue weighted by molar-refractivity contribution is 7.90. The van der Waals surface area contributed by atoms with Gasteiger partial charge in [0.25, 0.3) is 5.91 Å². The van der Waals surface area contributed by atoms with Gasteiger partial charge in [0.2, 0.25) is 0 Å². The lowest BCUT2D eigenvalue weighted by Gasteiger charge is -2.25. The molecule has 11 heteroatoms. The zero-order valence-electron chi connectivity index (χ0n) is 22.4. The van der Waals surface area contributed by atoms with E-state index in [1.54, 1.807) is 69.3 Å². The number of aromatic nitrogens is 2. The van der Waals surface area contributed by atoms with Crippen molar-refractivity contribution in [1.29, 1.82) is 5.26 Å². The predicted molar refractivity (Wildman–Crippen MR) is 151 cm³/mol. The molecule has 0 aliphatic heterocycles. The number of anilines is 2. The SMILES string of the molecule is CC(C)(C)OC(=O)Nc1cc(C#N)c2ccc(CN(C(=O)c3cccnc3)c3ccccc3S(C)(=O)=O)cc2n1. The number of nitrogens with one attached hydrogen (secondary N) is 1. The van der Waals surface area contributed by atoms with E-state index in [9.17, 15) is 23.3 Å². The molecule has 0 bridgehead atoms. The first-order valence-corrected chi connectivity index (χ1v) is 14.1. The van der Waals surface area contributed by atoms with Gasteiger partial charge >= 0.3 is 6.09 Å². The molecule has 10 nitrogen and oxygen atoms in total. The Hall–Kier alpha value is -4.82. The molecule has 0 aliphatic carbocycles. The number of hydrogen-bond acceptors (Lipinski definition) is 8. The maximum absolute atomic E-state index is 13.7. The molecule has 0 atom stereocenters. The Bertz CT molecular complexity index is 1740. The van der Waals surface area contributed by atoms with Gasteiger partial charge in [0.15, 0.2) is 9.84 Å². The summed E-state index contributed by atoms with van der Waals surface area (Å²) in [7, 11) is -3.67. The van der Waals surface area contributed by atoms with Crippen molar-refractivity contribution in [1.82, 2.24) is 9.97 Å². The van der Waals surface area contributed by atoms with E-state index >= 15 is 0 Å². The second kappa shape index (κ2) is 11.1. The van der Waals surface area contributed by atoms with Crippen molar-refractivity contribution in [2.75, 3.05) is 16.5 Å². The van der Waals surface area contributed by atoms with Crippen LogP contribution in [-0.2, 0) is 21.1 Å². The van der Waals surface area contributed by atoms with Gasteiger partial charge in [0, 0.05) is 24.0 Å². The summed E-state index contributed by atoms with van der Waals surface area (Å²) in [5, 5.41) is 12.8. The van der Waals surface area contributed by atoms with Gasteiger partial charge in [-0.1, -0.05) is 24.3 Å². The number of fused-ring (bicyclic) bond motifs is 1. The molecule has 0 fully saturated rings. The van der Waals surface area contributed by atoms with Gasteiger partial charge in [-0.05, 0) is 62.7 Å². The van der Waals surface area contributed by atoms with Crippen LogP contribution in [0.4, 0.5) is 16.3 Å². The van der Waals surface area contributed by atoms with Crippen LogP contribution in [-0.4, -0.2) is 42.2 Å². The molecule has 204 valence electrons.